The summed E-state index contributed by atoms with van der Waals surface area (Å²) < 4.78 is 4.93. The van der Waals surface area contributed by atoms with Crippen molar-refractivity contribution in [3.05, 3.63) is 33.2 Å². The van der Waals surface area contributed by atoms with Crippen LogP contribution in [0.15, 0.2) is 10.9 Å². The minimum Gasteiger partial charge on any atom is -0.462 e. The highest BCUT2D eigenvalue weighted by Crippen LogP contribution is 2.04. The molecule has 0 saturated heterocycles. The zero-order valence-electron chi connectivity index (χ0n) is 9.91. The van der Waals surface area contributed by atoms with Gasteiger partial charge in [-0.2, -0.15) is 0 Å². The van der Waals surface area contributed by atoms with Crippen LogP contribution in [-0.4, -0.2) is 23.8 Å². The van der Waals surface area contributed by atoms with Crippen molar-refractivity contribution in [2.75, 3.05) is 6.61 Å². The highest BCUT2D eigenvalue weighted by atomic mass is 16.5. The molecule has 0 radical (unpaired) electrons. The lowest BCUT2D eigenvalue weighted by Crippen LogP contribution is -2.22. The minimum atomic E-state index is -0.653. The highest BCUT2D eigenvalue weighted by molar-refractivity contribution is 5.90. The summed E-state index contributed by atoms with van der Waals surface area (Å²) in [7, 11) is 0. The van der Waals surface area contributed by atoms with E-state index >= 15 is 0 Å². The molecule has 0 atom stereocenters. The van der Waals surface area contributed by atoms with E-state index in [2.05, 4.69) is 4.98 Å². The number of aryl methyl sites for hydroxylation is 1. The molecule has 5 heteroatoms. The number of esters is 1. The fourth-order valence-electron chi connectivity index (χ4n) is 1.31. The standard InChI is InChI=1S/C12H15NO4/c1-3-4-5-17-12(16)9-6-8(2)10(7-14)13-11(9)15/h6-7H,3-5H2,1-2H3,(H,13,15). The second kappa shape index (κ2) is 5.98. The van der Waals surface area contributed by atoms with Crippen molar-refractivity contribution in [3.63, 3.8) is 0 Å². The number of rotatable bonds is 5. The third-order valence-corrected chi connectivity index (χ3v) is 2.35. The lowest BCUT2D eigenvalue weighted by Gasteiger charge is -2.05. The van der Waals surface area contributed by atoms with Crippen molar-refractivity contribution < 1.29 is 14.3 Å². The van der Waals surface area contributed by atoms with E-state index in [0.29, 0.717) is 18.5 Å². The van der Waals surface area contributed by atoms with Gasteiger partial charge in [0, 0.05) is 0 Å². The third kappa shape index (κ3) is 3.27. The summed E-state index contributed by atoms with van der Waals surface area (Å²) in [5.74, 6) is -0.653. The maximum atomic E-state index is 11.6. The molecule has 92 valence electrons. The first-order chi connectivity index (χ1) is 8.10. The van der Waals surface area contributed by atoms with Crippen molar-refractivity contribution in [1.82, 2.24) is 4.98 Å². The molecule has 1 rings (SSSR count). The van der Waals surface area contributed by atoms with Crippen LogP contribution in [0.4, 0.5) is 0 Å². The largest absolute Gasteiger partial charge is 0.462 e. The second-order valence-corrected chi connectivity index (χ2v) is 3.72. The summed E-state index contributed by atoms with van der Waals surface area (Å²) in [5, 5.41) is 0. The Morgan fingerprint density at radius 1 is 1.53 bits per heavy atom. The van der Waals surface area contributed by atoms with E-state index in [0.717, 1.165) is 12.8 Å². The van der Waals surface area contributed by atoms with Crippen LogP contribution in [0.25, 0.3) is 0 Å². The Kier molecular flexibility index (Phi) is 4.63. The van der Waals surface area contributed by atoms with Gasteiger partial charge in [0.05, 0.1) is 12.3 Å². The molecule has 0 aliphatic heterocycles. The van der Waals surface area contributed by atoms with E-state index in [1.54, 1.807) is 6.92 Å². The van der Waals surface area contributed by atoms with Crippen molar-refractivity contribution in [2.24, 2.45) is 0 Å². The topological polar surface area (TPSA) is 76.2 Å². The quantitative estimate of drug-likeness (QED) is 0.477. The fourth-order valence-corrected chi connectivity index (χ4v) is 1.31. The molecule has 0 aliphatic carbocycles. The molecule has 0 spiro atoms. The molecule has 1 aromatic rings. The van der Waals surface area contributed by atoms with Crippen molar-refractivity contribution in [1.29, 1.82) is 0 Å². The van der Waals surface area contributed by atoms with E-state index in [9.17, 15) is 14.4 Å². The molecule has 0 bridgehead atoms. The molecule has 1 aromatic heterocycles. The Bertz CT molecular complexity index is 476. The van der Waals surface area contributed by atoms with E-state index < -0.39 is 11.5 Å². The van der Waals surface area contributed by atoms with Gasteiger partial charge in [0.2, 0.25) is 0 Å². The van der Waals surface area contributed by atoms with Gasteiger partial charge >= 0.3 is 5.97 Å². The number of ether oxygens (including phenoxy) is 1. The number of aldehydes is 1. The predicted molar refractivity (Wildman–Crippen MR) is 62.4 cm³/mol. The summed E-state index contributed by atoms with van der Waals surface area (Å²) >= 11 is 0. The summed E-state index contributed by atoms with van der Waals surface area (Å²) in [6, 6.07) is 1.37. The average Bonchev–Trinajstić information content (AvgIpc) is 2.31. The number of aromatic nitrogens is 1. The lowest BCUT2D eigenvalue weighted by molar-refractivity contribution is 0.0497. The van der Waals surface area contributed by atoms with Crippen LogP contribution in [0.2, 0.25) is 0 Å². The van der Waals surface area contributed by atoms with Crippen LogP contribution in [0.5, 0.6) is 0 Å². The molecule has 1 N–H and O–H groups in total. The van der Waals surface area contributed by atoms with Crippen LogP contribution < -0.4 is 5.56 Å². The molecule has 0 aromatic carbocycles. The van der Waals surface area contributed by atoms with Gasteiger partial charge in [0.15, 0.2) is 6.29 Å². The Hall–Kier alpha value is -1.91. The van der Waals surface area contributed by atoms with E-state index in [-0.39, 0.29) is 11.3 Å². The van der Waals surface area contributed by atoms with Gasteiger partial charge in [-0.1, -0.05) is 13.3 Å². The van der Waals surface area contributed by atoms with Crippen LogP contribution in [-0.2, 0) is 4.74 Å². The van der Waals surface area contributed by atoms with Crippen molar-refractivity contribution >= 4 is 12.3 Å². The molecule has 17 heavy (non-hydrogen) atoms. The van der Waals surface area contributed by atoms with E-state index in [1.165, 1.54) is 6.07 Å². The Balaban J connectivity index is 2.91. The molecule has 0 unspecified atom stereocenters. The summed E-state index contributed by atoms with van der Waals surface area (Å²) in [5.41, 5.74) is 0.0607. The SMILES string of the molecule is CCCCOC(=O)c1cc(C)c(C=O)[nH]c1=O. The smallest absolute Gasteiger partial charge is 0.343 e. The maximum absolute atomic E-state index is 11.6. The first-order valence-electron chi connectivity index (χ1n) is 5.46. The number of H-pyrrole nitrogens is 1. The number of carbonyl (C=O) groups excluding carboxylic acids is 2. The number of nitrogens with one attached hydrogen (secondary N) is 1. The van der Waals surface area contributed by atoms with Crippen LogP contribution >= 0.6 is 0 Å². The number of aromatic amines is 1. The minimum absolute atomic E-state index is 0.0656. The van der Waals surface area contributed by atoms with E-state index in [1.807, 2.05) is 6.92 Å². The lowest BCUT2D eigenvalue weighted by atomic mass is 10.1. The highest BCUT2D eigenvalue weighted by Gasteiger charge is 2.14. The number of unbranched alkanes of at least 4 members (excludes halogenated alkanes) is 1. The molecular formula is C12H15NO4. The molecule has 1 heterocycles. The van der Waals surface area contributed by atoms with Crippen molar-refractivity contribution in [3.8, 4) is 0 Å². The van der Waals surface area contributed by atoms with Gasteiger partial charge in [-0.3, -0.25) is 9.59 Å². The first kappa shape index (κ1) is 13.2. The van der Waals surface area contributed by atoms with Crippen LogP contribution in [0, 0.1) is 6.92 Å². The van der Waals surface area contributed by atoms with Gasteiger partial charge in [0.1, 0.15) is 5.56 Å². The van der Waals surface area contributed by atoms with Gasteiger partial charge < -0.3 is 9.72 Å². The van der Waals surface area contributed by atoms with Gasteiger partial charge in [0.25, 0.3) is 5.56 Å². The molecule has 0 amide bonds. The first-order valence-corrected chi connectivity index (χ1v) is 5.46. The number of hydrogen-bond acceptors (Lipinski definition) is 4. The molecule has 0 aliphatic rings. The average molecular weight is 237 g/mol. The van der Waals surface area contributed by atoms with Gasteiger partial charge in [-0.05, 0) is 25.0 Å². The van der Waals surface area contributed by atoms with Crippen molar-refractivity contribution in [2.45, 2.75) is 26.7 Å². The third-order valence-electron chi connectivity index (χ3n) is 2.35. The molecule has 0 saturated carbocycles. The monoisotopic (exact) mass is 237 g/mol. The fraction of sp³-hybridized carbons (Fsp3) is 0.417. The molecule has 0 fully saturated rings. The number of hydrogen-bond donors (Lipinski definition) is 1. The Labute approximate surface area is 98.8 Å². The summed E-state index contributed by atoms with van der Waals surface area (Å²) in [6.45, 7) is 3.91. The number of carbonyl (C=O) groups is 2. The summed E-state index contributed by atoms with van der Waals surface area (Å²) in [4.78, 5) is 36.0. The van der Waals surface area contributed by atoms with Gasteiger partial charge in [-0.25, -0.2) is 4.79 Å². The van der Waals surface area contributed by atoms with Gasteiger partial charge in [-0.15, -0.1) is 0 Å². The molecule has 5 nitrogen and oxygen atoms in total. The zero-order chi connectivity index (χ0) is 12.8. The van der Waals surface area contributed by atoms with E-state index in [4.69, 9.17) is 4.74 Å². The Morgan fingerprint density at radius 2 is 2.24 bits per heavy atom. The second-order valence-electron chi connectivity index (χ2n) is 3.72. The predicted octanol–water partition coefficient (Wildman–Crippen LogP) is 1.45. The maximum Gasteiger partial charge on any atom is 0.343 e. The van der Waals surface area contributed by atoms with Crippen LogP contribution in [0.3, 0.4) is 0 Å². The zero-order valence-corrected chi connectivity index (χ0v) is 9.91. The summed E-state index contributed by atoms with van der Waals surface area (Å²) in [6.07, 6.45) is 2.21. The normalized spacial score (nSPS) is 10.0. The Morgan fingerprint density at radius 3 is 2.82 bits per heavy atom. The van der Waals surface area contributed by atoms with Crippen LogP contribution in [0.1, 0.15) is 46.2 Å². The number of pyridine rings is 1. The molecular weight excluding hydrogens is 222 g/mol.